The molecule has 0 spiro atoms. The molecular formula is C28H29F3N2O3S. The van der Waals surface area contributed by atoms with Gasteiger partial charge in [0.15, 0.2) is 9.84 Å². The average Bonchev–Trinajstić information content (AvgIpc) is 3.25. The molecule has 1 aliphatic rings. The highest BCUT2D eigenvalue weighted by Gasteiger charge is 2.34. The molecule has 0 radical (unpaired) electrons. The number of likely N-dealkylation sites (tertiary alicyclic amines) is 1. The fourth-order valence-electron chi connectivity index (χ4n) is 4.98. The van der Waals surface area contributed by atoms with E-state index in [4.69, 9.17) is 5.73 Å². The molecular weight excluding hydrogens is 501 g/mol. The summed E-state index contributed by atoms with van der Waals surface area (Å²) in [7, 11) is -1.33. The van der Waals surface area contributed by atoms with Gasteiger partial charge in [-0.15, -0.1) is 0 Å². The maximum Gasteiger partial charge on any atom is 0.416 e. The summed E-state index contributed by atoms with van der Waals surface area (Å²) in [4.78, 5) is 14.5. The first-order chi connectivity index (χ1) is 17.4. The lowest BCUT2D eigenvalue weighted by atomic mass is 9.90. The molecule has 196 valence electrons. The first-order valence-corrected chi connectivity index (χ1v) is 13.7. The van der Waals surface area contributed by atoms with Crippen molar-refractivity contribution in [2.75, 3.05) is 19.3 Å². The molecule has 4 rings (SSSR count). The molecule has 1 saturated heterocycles. The molecule has 2 unspecified atom stereocenters. The number of halogens is 3. The van der Waals surface area contributed by atoms with Crippen LogP contribution in [0, 0.1) is 0 Å². The zero-order valence-electron chi connectivity index (χ0n) is 20.6. The van der Waals surface area contributed by atoms with Crippen molar-refractivity contribution in [2.24, 2.45) is 5.73 Å². The largest absolute Gasteiger partial charge is 0.416 e. The third-order valence-corrected chi connectivity index (χ3v) is 8.84. The summed E-state index contributed by atoms with van der Waals surface area (Å²) in [5.74, 6) is -0.457. The summed E-state index contributed by atoms with van der Waals surface area (Å²) >= 11 is 0. The average molecular weight is 531 g/mol. The number of rotatable bonds is 7. The lowest BCUT2D eigenvalue weighted by Gasteiger charge is -2.21. The van der Waals surface area contributed by atoms with Crippen LogP contribution in [-0.2, 0) is 22.4 Å². The van der Waals surface area contributed by atoms with Crippen LogP contribution < -0.4 is 5.73 Å². The molecule has 1 aliphatic heterocycles. The van der Waals surface area contributed by atoms with E-state index in [-0.39, 0.29) is 22.6 Å². The van der Waals surface area contributed by atoms with Crippen molar-refractivity contribution in [1.29, 1.82) is 0 Å². The Kier molecular flexibility index (Phi) is 7.48. The Labute approximate surface area is 215 Å². The number of likely N-dealkylation sites (N-methyl/N-ethyl adjacent to an activating group) is 1. The topological polar surface area (TPSA) is 80.5 Å². The predicted octanol–water partition coefficient (Wildman–Crippen LogP) is 5.35. The van der Waals surface area contributed by atoms with Gasteiger partial charge in [0, 0.05) is 18.2 Å². The van der Waals surface area contributed by atoms with Crippen LogP contribution in [0.15, 0.2) is 71.6 Å². The van der Waals surface area contributed by atoms with Gasteiger partial charge in [-0.05, 0) is 78.4 Å². The van der Waals surface area contributed by atoms with Gasteiger partial charge in [-0.3, -0.25) is 9.69 Å². The van der Waals surface area contributed by atoms with Gasteiger partial charge in [-0.1, -0.05) is 43.3 Å². The molecule has 0 aromatic heterocycles. The van der Waals surface area contributed by atoms with Crippen molar-refractivity contribution in [3.63, 3.8) is 0 Å². The number of amides is 1. The van der Waals surface area contributed by atoms with Crippen molar-refractivity contribution in [1.82, 2.24) is 4.90 Å². The van der Waals surface area contributed by atoms with Gasteiger partial charge in [-0.25, -0.2) is 8.42 Å². The third-order valence-electron chi connectivity index (χ3n) is 7.09. The normalized spacial score (nSPS) is 18.7. The van der Waals surface area contributed by atoms with E-state index in [1.54, 1.807) is 49.4 Å². The van der Waals surface area contributed by atoms with Crippen LogP contribution in [0.25, 0.3) is 0 Å². The maximum absolute atomic E-state index is 12.9. The highest BCUT2D eigenvalue weighted by atomic mass is 32.2. The van der Waals surface area contributed by atoms with Crippen LogP contribution >= 0.6 is 0 Å². The SMILES string of the molecule is CCS(=O)(=O)c1ccc(Cc2cc(C3CC(c4ccc(C(F)(F)F)cc4)CN3C)ccc2C(N)=O)cc1. The van der Waals surface area contributed by atoms with Crippen LogP contribution in [0.1, 0.15) is 63.5 Å². The van der Waals surface area contributed by atoms with E-state index in [0.717, 1.165) is 40.8 Å². The molecule has 3 aromatic carbocycles. The Morgan fingerprint density at radius 3 is 2.19 bits per heavy atom. The zero-order chi connectivity index (χ0) is 27.0. The van der Waals surface area contributed by atoms with E-state index >= 15 is 0 Å². The molecule has 0 bridgehead atoms. The molecule has 3 aromatic rings. The molecule has 9 heteroatoms. The van der Waals surface area contributed by atoms with Crippen LogP contribution in [0.2, 0.25) is 0 Å². The second-order valence-corrected chi connectivity index (χ2v) is 11.8. The summed E-state index contributed by atoms with van der Waals surface area (Å²) in [6, 6.07) is 17.5. The van der Waals surface area contributed by atoms with Crippen molar-refractivity contribution >= 4 is 15.7 Å². The van der Waals surface area contributed by atoms with Crippen molar-refractivity contribution in [3.8, 4) is 0 Å². The van der Waals surface area contributed by atoms with Crippen LogP contribution in [0.4, 0.5) is 13.2 Å². The summed E-state index contributed by atoms with van der Waals surface area (Å²) in [6.45, 7) is 2.28. The summed E-state index contributed by atoms with van der Waals surface area (Å²) in [5, 5.41) is 0. The van der Waals surface area contributed by atoms with Gasteiger partial charge in [0.1, 0.15) is 0 Å². The Balaban J connectivity index is 1.57. The van der Waals surface area contributed by atoms with Crippen LogP contribution in [-0.4, -0.2) is 38.6 Å². The Morgan fingerprint density at radius 1 is 1.00 bits per heavy atom. The van der Waals surface area contributed by atoms with Gasteiger partial charge in [-0.2, -0.15) is 13.2 Å². The Morgan fingerprint density at radius 2 is 1.62 bits per heavy atom. The smallest absolute Gasteiger partial charge is 0.366 e. The molecule has 2 N–H and O–H groups in total. The number of carbonyl (C=O) groups is 1. The fourth-order valence-corrected chi connectivity index (χ4v) is 5.87. The minimum atomic E-state index is -4.36. The number of benzene rings is 3. The molecule has 1 amide bonds. The van der Waals surface area contributed by atoms with Crippen LogP contribution in [0.3, 0.4) is 0 Å². The van der Waals surface area contributed by atoms with Crippen molar-refractivity contribution in [3.05, 3.63) is 100 Å². The standard InChI is InChI=1S/C28H29F3N2O3S/c1-3-37(35,36)24-11-4-18(5-12-24)14-21-15-20(8-13-25(21)27(32)34)26-16-22(17-33(26)2)19-6-9-23(10-7-19)28(29,30)31/h4-13,15,22,26H,3,14,16-17H2,1-2H3,(H2,32,34). The monoisotopic (exact) mass is 530 g/mol. The molecule has 37 heavy (non-hydrogen) atoms. The minimum absolute atomic E-state index is 0.0165. The summed E-state index contributed by atoms with van der Waals surface area (Å²) in [6.07, 6.45) is -3.24. The van der Waals surface area contributed by atoms with Gasteiger partial charge >= 0.3 is 6.18 Å². The number of alkyl halides is 3. The van der Waals surface area contributed by atoms with Crippen molar-refractivity contribution < 1.29 is 26.4 Å². The van der Waals surface area contributed by atoms with Crippen molar-refractivity contribution in [2.45, 2.75) is 42.8 Å². The maximum atomic E-state index is 12.9. The number of nitrogens with zero attached hydrogens (tertiary/aromatic N) is 1. The predicted molar refractivity (Wildman–Crippen MR) is 136 cm³/mol. The van der Waals surface area contributed by atoms with Gasteiger partial charge in [0.25, 0.3) is 0 Å². The Hall–Kier alpha value is -3.17. The molecule has 1 heterocycles. The summed E-state index contributed by atoms with van der Waals surface area (Å²) in [5.41, 5.74) is 8.80. The number of carbonyl (C=O) groups excluding carboxylic acids is 1. The molecule has 0 aliphatic carbocycles. The first kappa shape index (κ1) is 26.9. The summed E-state index contributed by atoms with van der Waals surface area (Å²) < 4.78 is 63.1. The van der Waals surface area contributed by atoms with E-state index in [1.165, 1.54) is 0 Å². The zero-order valence-corrected chi connectivity index (χ0v) is 21.4. The first-order valence-electron chi connectivity index (χ1n) is 12.0. The van der Waals surface area contributed by atoms with E-state index in [2.05, 4.69) is 4.90 Å². The number of hydrogen-bond acceptors (Lipinski definition) is 4. The number of hydrogen-bond donors (Lipinski definition) is 1. The van der Waals surface area contributed by atoms with Gasteiger partial charge in [0.2, 0.25) is 5.91 Å². The number of nitrogens with two attached hydrogens (primary N) is 1. The minimum Gasteiger partial charge on any atom is -0.366 e. The quantitative estimate of drug-likeness (QED) is 0.447. The lowest BCUT2D eigenvalue weighted by Crippen LogP contribution is -2.19. The molecule has 5 nitrogen and oxygen atoms in total. The van der Waals surface area contributed by atoms with Crippen LogP contribution in [0.5, 0.6) is 0 Å². The highest BCUT2D eigenvalue weighted by Crippen LogP contribution is 2.41. The van der Waals surface area contributed by atoms with Gasteiger partial charge < -0.3 is 5.73 Å². The molecule has 1 fully saturated rings. The number of sulfone groups is 1. The number of primary amides is 1. The second kappa shape index (κ2) is 10.3. The molecule has 2 atom stereocenters. The van der Waals surface area contributed by atoms with E-state index in [9.17, 15) is 26.4 Å². The van der Waals surface area contributed by atoms with E-state index in [1.807, 2.05) is 19.2 Å². The highest BCUT2D eigenvalue weighted by molar-refractivity contribution is 7.91. The third kappa shape index (κ3) is 5.88. The molecule has 0 saturated carbocycles. The lowest BCUT2D eigenvalue weighted by molar-refractivity contribution is -0.137. The van der Waals surface area contributed by atoms with E-state index in [0.29, 0.717) is 18.5 Å². The van der Waals surface area contributed by atoms with Gasteiger partial charge in [0.05, 0.1) is 16.2 Å². The Bertz CT molecular complexity index is 1390. The fraction of sp³-hybridized carbons (Fsp3) is 0.321. The second-order valence-electron chi connectivity index (χ2n) is 9.51. The van der Waals surface area contributed by atoms with E-state index < -0.39 is 27.5 Å².